The van der Waals surface area contributed by atoms with Crippen molar-refractivity contribution in [1.29, 1.82) is 0 Å². The van der Waals surface area contributed by atoms with Crippen molar-refractivity contribution < 1.29 is 4.74 Å². The van der Waals surface area contributed by atoms with Crippen LogP contribution < -0.4 is 10.1 Å². The van der Waals surface area contributed by atoms with Crippen LogP contribution in [0.3, 0.4) is 0 Å². The highest BCUT2D eigenvalue weighted by molar-refractivity contribution is 7.12. The highest BCUT2D eigenvalue weighted by Crippen LogP contribution is 2.20. The van der Waals surface area contributed by atoms with Gasteiger partial charge in [-0.1, -0.05) is 12.1 Å². The quantitative estimate of drug-likeness (QED) is 0.864. The Hall–Kier alpha value is -1.32. The lowest BCUT2D eigenvalue weighted by Gasteiger charge is -2.13. The molecule has 2 nitrogen and oxygen atoms in total. The Balaban J connectivity index is 1.83. The second-order valence-electron chi connectivity index (χ2n) is 5.29. The molecule has 1 aromatic heterocycles. The van der Waals surface area contributed by atoms with Crippen LogP contribution in [-0.2, 0) is 13.0 Å². The molecule has 1 atom stereocenters. The van der Waals surface area contributed by atoms with Crippen molar-refractivity contribution >= 4 is 11.3 Å². The summed E-state index contributed by atoms with van der Waals surface area (Å²) in [6, 6.07) is 11.1. The van der Waals surface area contributed by atoms with E-state index >= 15 is 0 Å². The van der Waals surface area contributed by atoms with Crippen molar-refractivity contribution in [2.75, 3.05) is 7.11 Å². The average molecular weight is 289 g/mol. The third-order valence-corrected chi connectivity index (χ3v) is 4.70. The van der Waals surface area contributed by atoms with Crippen molar-refractivity contribution in [3.8, 4) is 5.75 Å². The Labute approximate surface area is 125 Å². The third-order valence-electron chi connectivity index (χ3n) is 3.54. The lowest BCUT2D eigenvalue weighted by molar-refractivity contribution is 0.414. The van der Waals surface area contributed by atoms with Crippen LogP contribution in [0.4, 0.5) is 0 Å². The topological polar surface area (TPSA) is 21.3 Å². The molecular weight excluding hydrogens is 266 g/mol. The molecule has 20 heavy (non-hydrogen) atoms. The van der Waals surface area contributed by atoms with Crippen molar-refractivity contribution in [2.24, 2.45) is 0 Å². The van der Waals surface area contributed by atoms with Crippen LogP contribution in [0.25, 0.3) is 0 Å². The number of hydrogen-bond donors (Lipinski definition) is 1. The summed E-state index contributed by atoms with van der Waals surface area (Å²) in [5.74, 6) is 0.916. The summed E-state index contributed by atoms with van der Waals surface area (Å²) in [6.45, 7) is 7.55. The van der Waals surface area contributed by atoms with Crippen LogP contribution in [-0.4, -0.2) is 13.2 Å². The monoisotopic (exact) mass is 289 g/mol. The maximum absolute atomic E-state index is 5.18. The molecule has 0 fully saturated rings. The van der Waals surface area contributed by atoms with Gasteiger partial charge >= 0.3 is 0 Å². The van der Waals surface area contributed by atoms with Gasteiger partial charge in [-0.15, -0.1) is 11.3 Å². The Morgan fingerprint density at radius 3 is 2.45 bits per heavy atom. The van der Waals surface area contributed by atoms with Gasteiger partial charge in [-0.3, -0.25) is 0 Å². The van der Waals surface area contributed by atoms with Gasteiger partial charge in [0, 0.05) is 22.3 Å². The maximum atomic E-state index is 5.18. The number of rotatable bonds is 6. The zero-order valence-corrected chi connectivity index (χ0v) is 13.5. The minimum absolute atomic E-state index is 0.464. The van der Waals surface area contributed by atoms with Crippen molar-refractivity contribution in [3.05, 3.63) is 51.2 Å². The van der Waals surface area contributed by atoms with Crippen LogP contribution in [0.15, 0.2) is 30.3 Å². The average Bonchev–Trinajstić information content (AvgIpc) is 2.76. The fourth-order valence-corrected chi connectivity index (χ4v) is 3.20. The van der Waals surface area contributed by atoms with E-state index in [2.05, 4.69) is 44.3 Å². The maximum Gasteiger partial charge on any atom is 0.118 e. The van der Waals surface area contributed by atoms with E-state index in [1.807, 2.05) is 23.5 Å². The fraction of sp³-hybridized carbons (Fsp3) is 0.412. The molecular formula is C17H23NOS. The van der Waals surface area contributed by atoms with Gasteiger partial charge in [0.05, 0.1) is 7.11 Å². The number of hydrogen-bond acceptors (Lipinski definition) is 3. The number of ether oxygens (including phenoxy) is 1. The predicted octanol–water partition coefficient (Wildman–Crippen LogP) is 4.09. The molecule has 0 spiro atoms. The third kappa shape index (κ3) is 4.09. The number of nitrogens with one attached hydrogen (secondary N) is 1. The SMILES string of the molecule is COc1ccc(CC(C)NCc2cc(C)c(C)s2)cc1. The zero-order valence-electron chi connectivity index (χ0n) is 12.7. The minimum atomic E-state index is 0.464. The number of thiophene rings is 1. The smallest absolute Gasteiger partial charge is 0.118 e. The van der Waals surface area contributed by atoms with Gasteiger partial charge in [0.25, 0.3) is 0 Å². The molecule has 1 heterocycles. The molecule has 0 saturated heterocycles. The first-order valence-corrected chi connectivity index (χ1v) is 7.82. The van der Waals surface area contributed by atoms with E-state index in [4.69, 9.17) is 4.74 Å². The van der Waals surface area contributed by atoms with Crippen LogP contribution in [0.5, 0.6) is 5.75 Å². The highest BCUT2D eigenvalue weighted by Gasteiger charge is 2.06. The molecule has 3 heteroatoms. The van der Waals surface area contributed by atoms with E-state index in [1.54, 1.807) is 7.11 Å². The Kier molecular flexibility index (Phi) is 5.21. The van der Waals surface area contributed by atoms with Crippen LogP contribution >= 0.6 is 11.3 Å². The minimum Gasteiger partial charge on any atom is -0.497 e. The largest absolute Gasteiger partial charge is 0.497 e. The Morgan fingerprint density at radius 2 is 1.90 bits per heavy atom. The first-order chi connectivity index (χ1) is 9.58. The summed E-state index contributed by atoms with van der Waals surface area (Å²) in [4.78, 5) is 2.84. The summed E-state index contributed by atoms with van der Waals surface area (Å²) in [7, 11) is 1.70. The predicted molar refractivity (Wildman–Crippen MR) is 86.8 cm³/mol. The molecule has 0 aliphatic rings. The first-order valence-electron chi connectivity index (χ1n) is 7.00. The fourth-order valence-electron chi connectivity index (χ4n) is 2.20. The molecule has 1 N–H and O–H groups in total. The number of benzene rings is 1. The molecule has 1 unspecified atom stereocenters. The summed E-state index contributed by atoms with van der Waals surface area (Å²) in [5.41, 5.74) is 2.74. The normalized spacial score (nSPS) is 12.4. The lowest BCUT2D eigenvalue weighted by atomic mass is 10.1. The molecule has 0 amide bonds. The van der Waals surface area contributed by atoms with E-state index in [0.29, 0.717) is 6.04 Å². The van der Waals surface area contributed by atoms with E-state index < -0.39 is 0 Å². The van der Waals surface area contributed by atoms with Crippen molar-refractivity contribution in [2.45, 2.75) is 39.8 Å². The molecule has 0 bridgehead atoms. The summed E-state index contributed by atoms with van der Waals surface area (Å²) in [5, 5.41) is 3.60. The first kappa shape index (κ1) is 15.1. The summed E-state index contributed by atoms with van der Waals surface area (Å²) < 4.78 is 5.18. The molecule has 108 valence electrons. The van der Waals surface area contributed by atoms with E-state index in [9.17, 15) is 0 Å². The van der Waals surface area contributed by atoms with Gasteiger partial charge in [0.15, 0.2) is 0 Å². The Morgan fingerprint density at radius 1 is 1.20 bits per heavy atom. The van der Waals surface area contributed by atoms with Gasteiger partial charge < -0.3 is 10.1 Å². The summed E-state index contributed by atoms with van der Waals surface area (Å²) >= 11 is 1.89. The highest BCUT2D eigenvalue weighted by atomic mass is 32.1. The van der Waals surface area contributed by atoms with Crippen LogP contribution in [0.2, 0.25) is 0 Å². The van der Waals surface area contributed by atoms with Gasteiger partial charge in [0.1, 0.15) is 5.75 Å². The molecule has 2 rings (SSSR count). The standard InChI is InChI=1S/C17H23NOS/c1-12-9-17(20-14(12)3)11-18-13(2)10-15-5-7-16(19-4)8-6-15/h5-9,13,18H,10-11H2,1-4H3. The van der Waals surface area contributed by atoms with Crippen molar-refractivity contribution in [1.82, 2.24) is 5.32 Å². The van der Waals surface area contributed by atoms with E-state index in [1.165, 1.54) is 20.9 Å². The molecule has 2 aromatic rings. The second-order valence-corrected chi connectivity index (χ2v) is 6.63. The van der Waals surface area contributed by atoms with Gasteiger partial charge in [-0.05, 0) is 56.5 Å². The molecule has 0 radical (unpaired) electrons. The summed E-state index contributed by atoms with van der Waals surface area (Å²) in [6.07, 6.45) is 1.04. The molecule has 1 aromatic carbocycles. The van der Waals surface area contributed by atoms with Crippen LogP contribution in [0, 0.1) is 13.8 Å². The van der Waals surface area contributed by atoms with Gasteiger partial charge in [-0.25, -0.2) is 0 Å². The van der Waals surface area contributed by atoms with Crippen LogP contribution in [0.1, 0.15) is 27.8 Å². The zero-order chi connectivity index (χ0) is 14.5. The van der Waals surface area contributed by atoms with E-state index in [-0.39, 0.29) is 0 Å². The second kappa shape index (κ2) is 6.91. The van der Waals surface area contributed by atoms with Crippen molar-refractivity contribution in [3.63, 3.8) is 0 Å². The van der Waals surface area contributed by atoms with Gasteiger partial charge in [-0.2, -0.15) is 0 Å². The number of aryl methyl sites for hydroxylation is 2. The van der Waals surface area contributed by atoms with E-state index in [0.717, 1.165) is 18.7 Å². The molecule has 0 aliphatic heterocycles. The molecule has 0 saturated carbocycles. The number of methoxy groups -OCH3 is 1. The molecule has 0 aliphatic carbocycles. The lowest BCUT2D eigenvalue weighted by Crippen LogP contribution is -2.27. The van der Waals surface area contributed by atoms with Gasteiger partial charge in [0.2, 0.25) is 0 Å². The Bertz CT molecular complexity index is 525.